The van der Waals surface area contributed by atoms with Gasteiger partial charge in [-0.3, -0.25) is 0 Å². The first-order valence-electron chi connectivity index (χ1n) is 6.74. The van der Waals surface area contributed by atoms with Crippen molar-refractivity contribution in [2.75, 3.05) is 19.8 Å². The Hall–Kier alpha value is -0.560. The van der Waals surface area contributed by atoms with E-state index in [9.17, 15) is 8.42 Å². The monoisotopic (exact) mass is 314 g/mol. The van der Waals surface area contributed by atoms with Crippen molar-refractivity contribution in [3.63, 3.8) is 0 Å². The zero-order chi connectivity index (χ0) is 14.8. The molecule has 1 unspecified atom stereocenters. The average Bonchev–Trinajstić information content (AvgIpc) is 3.25. The molecule has 1 aliphatic rings. The van der Waals surface area contributed by atoms with Crippen molar-refractivity contribution in [3.05, 3.63) is 29.8 Å². The molecule has 0 spiro atoms. The normalized spacial score (nSPS) is 18.8. The number of sulfonamides is 1. The molecule has 112 valence electrons. The fourth-order valence-electron chi connectivity index (χ4n) is 2.02. The van der Waals surface area contributed by atoms with Crippen LogP contribution in [0.2, 0.25) is 0 Å². The predicted molar refractivity (Wildman–Crippen MR) is 84.6 cm³/mol. The van der Waals surface area contributed by atoms with Crippen molar-refractivity contribution in [2.24, 2.45) is 0 Å². The third-order valence-corrected chi connectivity index (χ3v) is 6.74. The third kappa shape index (κ3) is 3.55. The Morgan fingerprint density at radius 3 is 2.65 bits per heavy atom. The zero-order valence-electron chi connectivity index (χ0n) is 12.1. The first kappa shape index (κ1) is 15.8. The van der Waals surface area contributed by atoms with Crippen LogP contribution in [-0.4, -0.2) is 33.0 Å². The number of benzene rings is 1. The zero-order valence-corrected chi connectivity index (χ0v) is 13.8. The number of rotatable bonds is 7. The fraction of sp³-hybridized carbons (Fsp3) is 0.571. The highest BCUT2D eigenvalue weighted by Gasteiger charge is 2.42. The summed E-state index contributed by atoms with van der Waals surface area (Å²) >= 11 is 1.75. The average molecular weight is 314 g/mol. The molecular formula is C14H22N2O2S2. The third-order valence-electron chi connectivity index (χ3n) is 3.93. The molecule has 2 N–H and O–H groups in total. The topological polar surface area (TPSA) is 58.2 Å². The van der Waals surface area contributed by atoms with Gasteiger partial charge >= 0.3 is 0 Å². The Balaban J connectivity index is 2.13. The number of hydrogen-bond acceptors (Lipinski definition) is 4. The molecule has 0 aliphatic heterocycles. The summed E-state index contributed by atoms with van der Waals surface area (Å²) < 4.78 is 27.6. The number of nitrogens with one attached hydrogen (secondary N) is 2. The Morgan fingerprint density at radius 2 is 2.10 bits per heavy atom. The van der Waals surface area contributed by atoms with Crippen molar-refractivity contribution in [1.82, 2.24) is 10.0 Å². The highest BCUT2D eigenvalue weighted by atomic mass is 32.2. The second-order valence-electron chi connectivity index (χ2n) is 5.29. The van der Waals surface area contributed by atoms with Gasteiger partial charge < -0.3 is 5.32 Å². The van der Waals surface area contributed by atoms with Gasteiger partial charge in [0.1, 0.15) is 0 Å². The van der Waals surface area contributed by atoms with Crippen molar-refractivity contribution in [3.8, 4) is 0 Å². The molecule has 1 aromatic rings. The van der Waals surface area contributed by atoms with Crippen molar-refractivity contribution in [1.29, 1.82) is 0 Å². The SMILES string of the molecule is CNC(C)c1cccc(S(=O)(=O)NCC2(SC)CC2)c1. The molecule has 1 atom stereocenters. The first-order chi connectivity index (χ1) is 9.42. The van der Waals surface area contributed by atoms with Crippen LogP contribution in [0.25, 0.3) is 0 Å². The van der Waals surface area contributed by atoms with Crippen LogP contribution in [0.1, 0.15) is 31.4 Å². The lowest BCUT2D eigenvalue weighted by Gasteiger charge is -2.15. The standard InChI is InChI=1S/C14H22N2O2S2/c1-11(15-2)12-5-4-6-13(9-12)20(17,18)16-10-14(19-3)7-8-14/h4-6,9,11,15-16H,7-8,10H2,1-3H3. The minimum Gasteiger partial charge on any atom is -0.313 e. The van der Waals surface area contributed by atoms with Gasteiger partial charge in [-0.1, -0.05) is 12.1 Å². The van der Waals surface area contributed by atoms with Crippen molar-refractivity contribution < 1.29 is 8.42 Å². The molecule has 20 heavy (non-hydrogen) atoms. The predicted octanol–water partition coefficient (Wildman–Crippen LogP) is 2.14. The summed E-state index contributed by atoms with van der Waals surface area (Å²) in [6.07, 6.45) is 4.22. The van der Waals surface area contributed by atoms with E-state index in [1.54, 1.807) is 30.0 Å². The Morgan fingerprint density at radius 1 is 1.40 bits per heavy atom. The van der Waals surface area contributed by atoms with E-state index in [-0.39, 0.29) is 10.8 Å². The Labute approximate surface area is 125 Å². The van der Waals surface area contributed by atoms with Crippen LogP contribution in [-0.2, 0) is 10.0 Å². The summed E-state index contributed by atoms with van der Waals surface area (Å²) in [6, 6.07) is 7.24. The lowest BCUT2D eigenvalue weighted by atomic mass is 10.1. The fourth-order valence-corrected chi connectivity index (χ4v) is 4.02. The molecule has 1 aliphatic carbocycles. The largest absolute Gasteiger partial charge is 0.313 e. The number of thioether (sulfide) groups is 1. The van der Waals surface area contributed by atoms with Gasteiger partial charge in [0.2, 0.25) is 10.0 Å². The summed E-state index contributed by atoms with van der Waals surface area (Å²) in [5.74, 6) is 0. The van der Waals surface area contributed by atoms with Gasteiger partial charge in [0, 0.05) is 17.3 Å². The van der Waals surface area contributed by atoms with Crippen LogP contribution in [0.15, 0.2) is 29.2 Å². The summed E-state index contributed by atoms with van der Waals surface area (Å²) in [6.45, 7) is 2.52. The highest BCUT2D eigenvalue weighted by molar-refractivity contribution is 8.00. The molecule has 0 bridgehead atoms. The maximum absolute atomic E-state index is 12.3. The summed E-state index contributed by atoms with van der Waals surface area (Å²) in [7, 11) is -1.56. The lowest BCUT2D eigenvalue weighted by Crippen LogP contribution is -2.31. The molecule has 1 aromatic carbocycles. The van der Waals surface area contributed by atoms with Gasteiger partial charge in [-0.25, -0.2) is 13.1 Å². The van der Waals surface area contributed by atoms with Crippen molar-refractivity contribution >= 4 is 21.8 Å². The van der Waals surface area contributed by atoms with Gasteiger partial charge in [0.25, 0.3) is 0 Å². The molecule has 2 rings (SSSR count). The van der Waals surface area contributed by atoms with Gasteiger partial charge in [-0.15, -0.1) is 0 Å². The van der Waals surface area contributed by atoms with E-state index < -0.39 is 10.0 Å². The quantitative estimate of drug-likeness (QED) is 0.809. The van der Waals surface area contributed by atoms with E-state index in [1.165, 1.54) is 0 Å². The highest BCUT2D eigenvalue weighted by Crippen LogP contribution is 2.46. The van der Waals surface area contributed by atoms with Gasteiger partial charge in [0.05, 0.1) is 4.90 Å². The molecule has 6 heteroatoms. The molecule has 1 saturated carbocycles. The molecular weight excluding hydrogens is 292 g/mol. The van der Waals surface area contributed by atoms with Crippen LogP contribution >= 0.6 is 11.8 Å². The molecule has 0 radical (unpaired) electrons. The minimum atomic E-state index is -3.42. The van der Waals surface area contributed by atoms with Crippen molar-refractivity contribution in [2.45, 2.75) is 35.4 Å². The lowest BCUT2D eigenvalue weighted by molar-refractivity contribution is 0.579. The molecule has 0 amide bonds. The minimum absolute atomic E-state index is 0.128. The summed E-state index contributed by atoms with van der Waals surface area (Å²) in [5, 5.41) is 3.12. The van der Waals surface area contributed by atoms with E-state index in [1.807, 2.05) is 26.3 Å². The maximum atomic E-state index is 12.3. The maximum Gasteiger partial charge on any atom is 0.240 e. The summed E-state index contributed by atoms with van der Waals surface area (Å²) in [5.41, 5.74) is 0.973. The van der Waals surface area contributed by atoms with E-state index in [2.05, 4.69) is 10.0 Å². The van der Waals surface area contributed by atoms with Crippen LogP contribution < -0.4 is 10.0 Å². The molecule has 0 heterocycles. The van der Waals surface area contributed by atoms with Crippen LogP contribution in [0.4, 0.5) is 0 Å². The van der Waals surface area contributed by atoms with Crippen LogP contribution in [0.3, 0.4) is 0 Å². The van der Waals surface area contributed by atoms with Gasteiger partial charge in [-0.05, 0) is 50.8 Å². The molecule has 1 fully saturated rings. The first-order valence-corrected chi connectivity index (χ1v) is 9.45. The second kappa shape index (κ2) is 6.05. The van der Waals surface area contributed by atoms with Crippen LogP contribution in [0, 0.1) is 0 Å². The van der Waals surface area contributed by atoms with Crippen LogP contribution in [0.5, 0.6) is 0 Å². The molecule has 4 nitrogen and oxygen atoms in total. The number of hydrogen-bond donors (Lipinski definition) is 2. The van der Waals surface area contributed by atoms with Gasteiger partial charge in [0.15, 0.2) is 0 Å². The van der Waals surface area contributed by atoms with E-state index in [0.717, 1.165) is 18.4 Å². The second-order valence-corrected chi connectivity index (χ2v) is 8.34. The Bertz CT molecular complexity index is 568. The Kier molecular flexibility index (Phi) is 4.79. The molecule has 0 saturated heterocycles. The van der Waals surface area contributed by atoms with E-state index in [4.69, 9.17) is 0 Å². The summed E-state index contributed by atoms with van der Waals surface area (Å²) in [4.78, 5) is 0.342. The van der Waals surface area contributed by atoms with Gasteiger partial charge in [-0.2, -0.15) is 11.8 Å². The molecule has 0 aromatic heterocycles. The van der Waals surface area contributed by atoms with E-state index in [0.29, 0.717) is 11.4 Å². The van der Waals surface area contributed by atoms with E-state index >= 15 is 0 Å². The smallest absolute Gasteiger partial charge is 0.240 e.